The van der Waals surface area contributed by atoms with E-state index in [-0.39, 0.29) is 11.9 Å². The van der Waals surface area contributed by atoms with Crippen LogP contribution in [0.25, 0.3) is 0 Å². The molecule has 2 aromatic rings. The molecule has 0 saturated carbocycles. The number of benzene rings is 1. The number of rotatable bonds is 7. The molecule has 0 fully saturated rings. The van der Waals surface area contributed by atoms with Crippen LogP contribution < -0.4 is 5.32 Å². The predicted octanol–water partition coefficient (Wildman–Crippen LogP) is 3.49. The summed E-state index contributed by atoms with van der Waals surface area (Å²) < 4.78 is 5.43. The fraction of sp³-hybridized carbons (Fsp3) is 0.412. The van der Waals surface area contributed by atoms with Crippen LogP contribution in [0.5, 0.6) is 0 Å². The van der Waals surface area contributed by atoms with Crippen LogP contribution in [0.1, 0.15) is 42.7 Å². The van der Waals surface area contributed by atoms with Crippen LogP contribution in [0.4, 0.5) is 0 Å². The fourth-order valence-corrected chi connectivity index (χ4v) is 2.37. The number of aromatic nitrogens is 1. The van der Waals surface area contributed by atoms with Crippen molar-refractivity contribution in [2.24, 2.45) is 0 Å². The van der Waals surface area contributed by atoms with E-state index < -0.39 is 0 Å². The van der Waals surface area contributed by atoms with Crippen LogP contribution in [-0.2, 0) is 13.1 Å². The molecule has 0 spiro atoms. The number of amides is 1. The van der Waals surface area contributed by atoms with Gasteiger partial charge in [0.15, 0.2) is 5.69 Å². The first-order chi connectivity index (χ1) is 11.0. The molecule has 0 aliphatic rings. The minimum absolute atomic E-state index is 0.218. The fourth-order valence-electron chi connectivity index (χ4n) is 2.18. The Morgan fingerprint density at radius 1 is 1.35 bits per heavy atom. The number of halogens is 1. The number of nitrogens with one attached hydrogen (secondary N) is 1. The van der Waals surface area contributed by atoms with Crippen molar-refractivity contribution in [3.05, 3.63) is 52.7 Å². The lowest BCUT2D eigenvalue weighted by Crippen LogP contribution is -2.30. The zero-order valence-electron chi connectivity index (χ0n) is 13.7. The summed E-state index contributed by atoms with van der Waals surface area (Å²) in [6, 6.07) is 8.06. The summed E-state index contributed by atoms with van der Waals surface area (Å²) in [7, 11) is 0. The third-order valence-electron chi connectivity index (χ3n) is 3.52. The SMILES string of the molecule is CCNC(=O)c1coc(CN(Cc2ccccc2Cl)C(C)C)n1. The first kappa shape index (κ1) is 17.5. The van der Waals surface area contributed by atoms with Gasteiger partial charge in [0.05, 0.1) is 6.54 Å². The first-order valence-corrected chi connectivity index (χ1v) is 8.09. The van der Waals surface area contributed by atoms with Crippen LogP contribution in [0.3, 0.4) is 0 Å². The number of nitrogens with zero attached hydrogens (tertiary/aromatic N) is 2. The zero-order valence-corrected chi connectivity index (χ0v) is 14.4. The van der Waals surface area contributed by atoms with Crippen molar-refractivity contribution >= 4 is 17.5 Å². The van der Waals surface area contributed by atoms with Crippen molar-refractivity contribution in [2.75, 3.05) is 6.54 Å². The summed E-state index contributed by atoms with van der Waals surface area (Å²) in [6.45, 7) is 7.84. The topological polar surface area (TPSA) is 58.4 Å². The van der Waals surface area contributed by atoms with E-state index in [1.165, 1.54) is 6.26 Å². The Labute approximate surface area is 141 Å². The van der Waals surface area contributed by atoms with Crippen LogP contribution >= 0.6 is 11.6 Å². The molecule has 6 heteroatoms. The molecule has 0 radical (unpaired) electrons. The van der Waals surface area contributed by atoms with E-state index in [0.717, 1.165) is 10.6 Å². The maximum atomic E-state index is 11.7. The van der Waals surface area contributed by atoms with Gasteiger partial charge >= 0.3 is 0 Å². The van der Waals surface area contributed by atoms with E-state index in [2.05, 4.69) is 29.0 Å². The lowest BCUT2D eigenvalue weighted by atomic mass is 10.2. The van der Waals surface area contributed by atoms with Crippen LogP contribution in [0.2, 0.25) is 5.02 Å². The Hall–Kier alpha value is -1.85. The van der Waals surface area contributed by atoms with E-state index in [1.807, 2.05) is 31.2 Å². The molecule has 1 heterocycles. The monoisotopic (exact) mass is 335 g/mol. The Morgan fingerprint density at radius 3 is 2.74 bits per heavy atom. The summed E-state index contributed by atoms with van der Waals surface area (Å²) in [4.78, 5) is 18.2. The Bertz CT molecular complexity index is 655. The first-order valence-electron chi connectivity index (χ1n) is 7.71. The van der Waals surface area contributed by atoms with Gasteiger partial charge in [0, 0.05) is 24.2 Å². The molecule has 124 valence electrons. The van der Waals surface area contributed by atoms with Gasteiger partial charge in [-0.05, 0) is 32.4 Å². The highest BCUT2D eigenvalue weighted by Gasteiger charge is 2.17. The smallest absolute Gasteiger partial charge is 0.273 e. The van der Waals surface area contributed by atoms with Crippen LogP contribution in [0.15, 0.2) is 34.9 Å². The molecule has 0 aliphatic carbocycles. The average Bonchev–Trinajstić information content (AvgIpc) is 2.97. The van der Waals surface area contributed by atoms with Crippen LogP contribution in [0, 0.1) is 0 Å². The molecular weight excluding hydrogens is 314 g/mol. The Balaban J connectivity index is 2.08. The quantitative estimate of drug-likeness (QED) is 0.841. The predicted molar refractivity (Wildman–Crippen MR) is 90.3 cm³/mol. The number of oxazole rings is 1. The molecule has 1 N–H and O–H groups in total. The molecule has 23 heavy (non-hydrogen) atoms. The van der Waals surface area contributed by atoms with Gasteiger partial charge < -0.3 is 9.73 Å². The highest BCUT2D eigenvalue weighted by Crippen LogP contribution is 2.19. The second-order valence-corrected chi connectivity index (χ2v) is 5.98. The third-order valence-corrected chi connectivity index (χ3v) is 3.89. The molecular formula is C17H22ClN3O2. The van der Waals surface area contributed by atoms with Crippen LogP contribution in [-0.4, -0.2) is 28.4 Å². The second-order valence-electron chi connectivity index (χ2n) is 5.58. The lowest BCUT2D eigenvalue weighted by Gasteiger charge is -2.25. The average molecular weight is 336 g/mol. The minimum Gasteiger partial charge on any atom is -0.447 e. The second kappa shape index (κ2) is 8.13. The van der Waals surface area contributed by atoms with Gasteiger partial charge in [-0.3, -0.25) is 9.69 Å². The molecule has 5 nitrogen and oxygen atoms in total. The third kappa shape index (κ3) is 4.81. The number of carbonyl (C=O) groups is 1. The Morgan fingerprint density at radius 2 is 2.09 bits per heavy atom. The largest absolute Gasteiger partial charge is 0.447 e. The van der Waals surface area contributed by atoms with Gasteiger partial charge in [-0.2, -0.15) is 0 Å². The van der Waals surface area contributed by atoms with Crippen molar-refractivity contribution in [1.82, 2.24) is 15.2 Å². The normalized spacial score (nSPS) is 11.2. The van der Waals surface area contributed by atoms with Crippen molar-refractivity contribution < 1.29 is 9.21 Å². The van der Waals surface area contributed by atoms with Gasteiger partial charge in [0.2, 0.25) is 5.89 Å². The van der Waals surface area contributed by atoms with Gasteiger partial charge in [0.25, 0.3) is 5.91 Å². The summed E-state index contributed by atoms with van der Waals surface area (Å²) in [5, 5.41) is 3.45. The molecule has 1 amide bonds. The van der Waals surface area contributed by atoms with Crippen molar-refractivity contribution in [3.8, 4) is 0 Å². The summed E-state index contributed by atoms with van der Waals surface area (Å²) in [5.74, 6) is 0.303. The Kier molecular flexibility index (Phi) is 6.19. The highest BCUT2D eigenvalue weighted by molar-refractivity contribution is 6.31. The molecule has 1 aromatic carbocycles. The summed E-state index contributed by atoms with van der Waals surface area (Å²) >= 11 is 6.24. The number of carbonyl (C=O) groups excluding carboxylic acids is 1. The molecule has 0 bridgehead atoms. The summed E-state index contributed by atoms with van der Waals surface area (Å²) in [5.41, 5.74) is 1.36. The van der Waals surface area contributed by atoms with E-state index in [1.54, 1.807) is 0 Å². The number of hydrogen-bond donors (Lipinski definition) is 1. The molecule has 0 aliphatic heterocycles. The van der Waals surface area contributed by atoms with Crippen molar-refractivity contribution in [2.45, 2.75) is 39.9 Å². The number of hydrogen-bond acceptors (Lipinski definition) is 4. The molecule has 2 rings (SSSR count). The minimum atomic E-state index is -0.218. The maximum absolute atomic E-state index is 11.7. The zero-order chi connectivity index (χ0) is 16.8. The van der Waals surface area contributed by atoms with E-state index >= 15 is 0 Å². The van der Waals surface area contributed by atoms with Crippen molar-refractivity contribution in [3.63, 3.8) is 0 Å². The maximum Gasteiger partial charge on any atom is 0.273 e. The van der Waals surface area contributed by atoms with Gasteiger partial charge in [0.1, 0.15) is 6.26 Å². The van der Waals surface area contributed by atoms with Gasteiger partial charge in [-0.15, -0.1) is 0 Å². The molecule has 1 aromatic heterocycles. The summed E-state index contributed by atoms with van der Waals surface area (Å²) in [6.07, 6.45) is 1.40. The molecule has 0 saturated heterocycles. The standard InChI is InChI=1S/C17H22ClN3O2/c1-4-19-17(22)15-11-23-16(20-15)10-21(12(2)3)9-13-7-5-6-8-14(13)18/h5-8,11-12H,4,9-10H2,1-3H3,(H,19,22). The molecule has 0 unspecified atom stereocenters. The lowest BCUT2D eigenvalue weighted by molar-refractivity contribution is 0.0950. The van der Waals surface area contributed by atoms with E-state index in [9.17, 15) is 4.79 Å². The van der Waals surface area contributed by atoms with E-state index in [4.69, 9.17) is 16.0 Å². The van der Waals surface area contributed by atoms with Gasteiger partial charge in [-0.1, -0.05) is 29.8 Å². The van der Waals surface area contributed by atoms with Gasteiger partial charge in [-0.25, -0.2) is 4.98 Å². The molecule has 0 atom stereocenters. The van der Waals surface area contributed by atoms with E-state index in [0.29, 0.717) is 31.2 Å². The van der Waals surface area contributed by atoms with Crippen molar-refractivity contribution in [1.29, 1.82) is 0 Å². The highest BCUT2D eigenvalue weighted by atomic mass is 35.5.